The molecule has 1 aromatic carbocycles. The SMILES string of the molecule is Cc1nn(-c2ccccc2)c(Cl)c1C(=O)NCCNC(=O)c1ccco1. The van der Waals surface area contributed by atoms with Crippen LogP contribution in [0.25, 0.3) is 5.69 Å². The Morgan fingerprint density at radius 1 is 1.08 bits per heavy atom. The number of amides is 2. The Balaban J connectivity index is 1.60. The smallest absolute Gasteiger partial charge is 0.287 e. The van der Waals surface area contributed by atoms with E-state index in [1.165, 1.54) is 10.9 Å². The van der Waals surface area contributed by atoms with Crippen molar-refractivity contribution >= 4 is 23.4 Å². The molecule has 8 heteroatoms. The summed E-state index contributed by atoms with van der Waals surface area (Å²) >= 11 is 6.35. The number of furan rings is 1. The highest BCUT2D eigenvalue weighted by atomic mass is 35.5. The summed E-state index contributed by atoms with van der Waals surface area (Å²) in [4.78, 5) is 24.2. The van der Waals surface area contributed by atoms with Gasteiger partial charge >= 0.3 is 0 Å². The van der Waals surface area contributed by atoms with E-state index in [4.69, 9.17) is 16.0 Å². The van der Waals surface area contributed by atoms with E-state index >= 15 is 0 Å². The monoisotopic (exact) mass is 372 g/mol. The van der Waals surface area contributed by atoms with Crippen molar-refractivity contribution in [2.75, 3.05) is 13.1 Å². The fourth-order valence-electron chi connectivity index (χ4n) is 2.43. The molecule has 2 N–H and O–H groups in total. The lowest BCUT2D eigenvalue weighted by molar-refractivity contribution is 0.0910. The van der Waals surface area contributed by atoms with Gasteiger partial charge < -0.3 is 15.1 Å². The van der Waals surface area contributed by atoms with Crippen molar-refractivity contribution in [3.05, 3.63) is 70.9 Å². The molecule has 3 rings (SSSR count). The van der Waals surface area contributed by atoms with Gasteiger partial charge in [0.25, 0.3) is 11.8 Å². The van der Waals surface area contributed by atoms with Crippen LogP contribution in [0.15, 0.2) is 53.1 Å². The number of hydrogen-bond acceptors (Lipinski definition) is 4. The van der Waals surface area contributed by atoms with Gasteiger partial charge in [0.15, 0.2) is 5.76 Å². The van der Waals surface area contributed by atoms with Gasteiger partial charge in [-0.05, 0) is 31.2 Å². The molecule has 0 aliphatic heterocycles. The zero-order valence-electron chi connectivity index (χ0n) is 14.0. The Hall–Kier alpha value is -3.06. The molecule has 0 bridgehead atoms. The number of hydrogen-bond donors (Lipinski definition) is 2. The third-order valence-corrected chi connectivity index (χ3v) is 4.02. The molecule has 3 aromatic rings. The Morgan fingerprint density at radius 3 is 2.42 bits per heavy atom. The average Bonchev–Trinajstić information content (AvgIpc) is 3.27. The Morgan fingerprint density at radius 2 is 1.77 bits per heavy atom. The lowest BCUT2D eigenvalue weighted by Gasteiger charge is -2.06. The van der Waals surface area contributed by atoms with Crippen molar-refractivity contribution in [2.45, 2.75) is 6.92 Å². The van der Waals surface area contributed by atoms with Gasteiger partial charge in [0.2, 0.25) is 0 Å². The van der Waals surface area contributed by atoms with E-state index in [-0.39, 0.29) is 35.8 Å². The first-order valence-corrected chi connectivity index (χ1v) is 8.36. The standard InChI is InChI=1S/C18H17ClN4O3/c1-12-15(16(19)23(22-12)13-6-3-2-4-7-13)18(25)21-10-9-20-17(24)14-8-5-11-26-14/h2-8,11H,9-10H2,1H3,(H,20,24)(H,21,25). The van der Waals surface area contributed by atoms with E-state index < -0.39 is 0 Å². The minimum atomic E-state index is -0.345. The summed E-state index contributed by atoms with van der Waals surface area (Å²) in [5.74, 6) is -0.461. The molecule has 2 aromatic heterocycles. The lowest BCUT2D eigenvalue weighted by atomic mass is 10.2. The topological polar surface area (TPSA) is 89.2 Å². The Labute approximate surface area is 154 Å². The first-order chi connectivity index (χ1) is 12.6. The zero-order valence-corrected chi connectivity index (χ0v) is 14.8. The molecule has 0 aliphatic rings. The van der Waals surface area contributed by atoms with E-state index in [2.05, 4.69) is 15.7 Å². The average molecular weight is 373 g/mol. The number of carbonyl (C=O) groups is 2. The number of rotatable bonds is 6. The van der Waals surface area contributed by atoms with Gasteiger partial charge in [-0.15, -0.1) is 0 Å². The van der Waals surface area contributed by atoms with Crippen LogP contribution in [0.3, 0.4) is 0 Å². The number of para-hydroxylation sites is 1. The van der Waals surface area contributed by atoms with E-state index in [1.54, 1.807) is 19.1 Å². The number of carbonyl (C=O) groups excluding carboxylic acids is 2. The number of halogens is 1. The molecule has 2 heterocycles. The maximum atomic E-state index is 12.4. The van der Waals surface area contributed by atoms with E-state index in [0.717, 1.165) is 5.69 Å². The fourth-order valence-corrected chi connectivity index (χ4v) is 2.79. The van der Waals surface area contributed by atoms with Crippen LogP contribution in [0.1, 0.15) is 26.6 Å². The van der Waals surface area contributed by atoms with E-state index in [9.17, 15) is 9.59 Å². The first-order valence-electron chi connectivity index (χ1n) is 7.98. The maximum absolute atomic E-state index is 12.4. The van der Waals surface area contributed by atoms with Crippen LogP contribution < -0.4 is 10.6 Å². The minimum absolute atomic E-state index is 0.222. The van der Waals surface area contributed by atoms with Gasteiger partial charge in [0, 0.05) is 13.1 Å². The van der Waals surface area contributed by atoms with Gasteiger partial charge in [-0.3, -0.25) is 9.59 Å². The maximum Gasteiger partial charge on any atom is 0.287 e. The molecule has 0 unspecified atom stereocenters. The molecule has 0 aliphatic carbocycles. The molecule has 0 saturated heterocycles. The number of aromatic nitrogens is 2. The van der Waals surface area contributed by atoms with Crippen LogP contribution in [0.2, 0.25) is 5.15 Å². The predicted molar refractivity (Wildman–Crippen MR) is 96.7 cm³/mol. The second-order valence-corrected chi connectivity index (χ2v) is 5.85. The molecule has 0 fully saturated rings. The van der Waals surface area contributed by atoms with Crippen molar-refractivity contribution < 1.29 is 14.0 Å². The highest BCUT2D eigenvalue weighted by molar-refractivity contribution is 6.33. The van der Waals surface area contributed by atoms with Crippen LogP contribution in [0.5, 0.6) is 0 Å². The molecular weight excluding hydrogens is 356 g/mol. The molecule has 0 atom stereocenters. The molecule has 0 spiro atoms. The van der Waals surface area contributed by atoms with Gasteiger partial charge in [0.1, 0.15) is 5.15 Å². The van der Waals surface area contributed by atoms with Crippen LogP contribution in [-0.4, -0.2) is 34.7 Å². The summed E-state index contributed by atoms with van der Waals surface area (Å²) in [5, 5.41) is 9.95. The molecule has 134 valence electrons. The molecule has 7 nitrogen and oxygen atoms in total. The summed E-state index contributed by atoms with van der Waals surface area (Å²) < 4.78 is 6.51. The van der Waals surface area contributed by atoms with Gasteiger partial charge in [0.05, 0.1) is 23.2 Å². The van der Waals surface area contributed by atoms with E-state index in [0.29, 0.717) is 11.3 Å². The minimum Gasteiger partial charge on any atom is -0.459 e. The van der Waals surface area contributed by atoms with Gasteiger partial charge in [-0.25, -0.2) is 4.68 Å². The third kappa shape index (κ3) is 3.78. The van der Waals surface area contributed by atoms with Crippen molar-refractivity contribution in [1.29, 1.82) is 0 Å². The first kappa shape index (κ1) is 17.8. The zero-order chi connectivity index (χ0) is 18.5. The van der Waals surface area contributed by atoms with Crippen molar-refractivity contribution in [3.63, 3.8) is 0 Å². The Bertz CT molecular complexity index is 904. The number of benzene rings is 1. The largest absolute Gasteiger partial charge is 0.459 e. The van der Waals surface area contributed by atoms with E-state index in [1.807, 2.05) is 30.3 Å². The highest BCUT2D eigenvalue weighted by Gasteiger charge is 2.20. The normalized spacial score (nSPS) is 10.5. The summed E-state index contributed by atoms with van der Waals surface area (Å²) in [6.07, 6.45) is 1.42. The highest BCUT2D eigenvalue weighted by Crippen LogP contribution is 2.23. The van der Waals surface area contributed by atoms with Crippen LogP contribution in [0.4, 0.5) is 0 Å². The van der Waals surface area contributed by atoms with Gasteiger partial charge in [-0.1, -0.05) is 29.8 Å². The summed E-state index contributed by atoms with van der Waals surface area (Å²) in [6.45, 7) is 2.23. The third-order valence-electron chi connectivity index (χ3n) is 3.67. The molecule has 0 saturated carbocycles. The predicted octanol–water partition coefficient (Wildman–Crippen LogP) is 2.59. The van der Waals surface area contributed by atoms with Crippen LogP contribution in [-0.2, 0) is 0 Å². The second kappa shape index (κ2) is 7.88. The number of aryl methyl sites for hydroxylation is 1. The number of nitrogens with one attached hydrogen (secondary N) is 2. The molecule has 0 radical (unpaired) electrons. The Kier molecular flexibility index (Phi) is 5.38. The molecular formula is C18H17ClN4O3. The summed E-state index contributed by atoms with van der Waals surface area (Å²) in [6, 6.07) is 12.5. The summed E-state index contributed by atoms with van der Waals surface area (Å²) in [5.41, 5.74) is 1.61. The summed E-state index contributed by atoms with van der Waals surface area (Å²) in [7, 11) is 0. The van der Waals surface area contributed by atoms with Gasteiger partial charge in [-0.2, -0.15) is 5.10 Å². The van der Waals surface area contributed by atoms with Crippen molar-refractivity contribution in [3.8, 4) is 5.69 Å². The molecule has 2 amide bonds. The van der Waals surface area contributed by atoms with Crippen molar-refractivity contribution in [2.24, 2.45) is 0 Å². The van der Waals surface area contributed by atoms with Crippen molar-refractivity contribution in [1.82, 2.24) is 20.4 Å². The molecule has 26 heavy (non-hydrogen) atoms. The lowest BCUT2D eigenvalue weighted by Crippen LogP contribution is -2.34. The van der Waals surface area contributed by atoms with Crippen LogP contribution in [0, 0.1) is 6.92 Å². The quantitative estimate of drug-likeness (QED) is 0.651. The number of nitrogens with zero attached hydrogens (tertiary/aromatic N) is 2. The van der Waals surface area contributed by atoms with Crippen LogP contribution >= 0.6 is 11.6 Å². The fraction of sp³-hybridized carbons (Fsp3) is 0.167. The second-order valence-electron chi connectivity index (χ2n) is 5.49.